The van der Waals surface area contributed by atoms with Crippen LogP contribution in [0.5, 0.6) is 11.5 Å². The van der Waals surface area contributed by atoms with Gasteiger partial charge in [-0.1, -0.05) is 29.8 Å². The van der Waals surface area contributed by atoms with Crippen molar-refractivity contribution in [2.45, 2.75) is 25.3 Å². The van der Waals surface area contributed by atoms with Crippen molar-refractivity contribution in [1.82, 2.24) is 4.90 Å². The smallest absolute Gasteiger partial charge is 0.228 e. The molecule has 2 saturated heterocycles. The lowest BCUT2D eigenvalue weighted by atomic mass is 10.0. The zero-order valence-electron chi connectivity index (χ0n) is 16.6. The molecule has 0 saturated carbocycles. The predicted octanol–water partition coefficient (Wildman–Crippen LogP) is 3.83. The largest absolute Gasteiger partial charge is 0.486 e. The van der Waals surface area contributed by atoms with Crippen molar-refractivity contribution < 1.29 is 19.1 Å². The molecule has 0 bridgehead atoms. The van der Waals surface area contributed by atoms with E-state index >= 15 is 0 Å². The molecule has 3 aliphatic rings. The van der Waals surface area contributed by atoms with Gasteiger partial charge in [0.05, 0.1) is 22.7 Å². The van der Waals surface area contributed by atoms with Crippen molar-refractivity contribution in [2.24, 2.45) is 5.92 Å². The highest BCUT2D eigenvalue weighted by Gasteiger charge is 2.41. The van der Waals surface area contributed by atoms with Crippen LogP contribution in [-0.2, 0) is 9.59 Å². The number of likely N-dealkylation sites (tertiary alicyclic amines) is 1. The molecule has 30 heavy (non-hydrogen) atoms. The summed E-state index contributed by atoms with van der Waals surface area (Å²) in [6.45, 7) is 2.16. The summed E-state index contributed by atoms with van der Waals surface area (Å²) in [4.78, 5) is 29.6. The van der Waals surface area contributed by atoms with E-state index in [-0.39, 0.29) is 30.2 Å². The van der Waals surface area contributed by atoms with Crippen LogP contribution in [0.25, 0.3) is 0 Å². The van der Waals surface area contributed by atoms with Crippen LogP contribution in [0.4, 0.5) is 5.69 Å². The minimum Gasteiger partial charge on any atom is -0.486 e. The molecular formula is C23H23ClN2O4. The highest BCUT2D eigenvalue weighted by molar-refractivity contribution is 6.33. The van der Waals surface area contributed by atoms with Gasteiger partial charge in [0.2, 0.25) is 11.8 Å². The van der Waals surface area contributed by atoms with Gasteiger partial charge < -0.3 is 19.3 Å². The Balaban J connectivity index is 1.34. The van der Waals surface area contributed by atoms with Gasteiger partial charge in [-0.3, -0.25) is 9.59 Å². The Bertz CT molecular complexity index is 995. The second-order valence-corrected chi connectivity index (χ2v) is 8.36. The third-order valence-corrected chi connectivity index (χ3v) is 6.42. The number of carbonyl (C=O) groups excluding carboxylic acids is 2. The summed E-state index contributed by atoms with van der Waals surface area (Å²) >= 11 is 6.27. The van der Waals surface area contributed by atoms with E-state index in [1.165, 1.54) is 0 Å². The Morgan fingerprint density at radius 3 is 2.70 bits per heavy atom. The lowest BCUT2D eigenvalue weighted by Gasteiger charge is -2.28. The van der Waals surface area contributed by atoms with E-state index in [0.717, 1.165) is 29.9 Å². The first-order valence-corrected chi connectivity index (χ1v) is 10.7. The number of fused-ring (bicyclic) bond motifs is 1. The number of nitrogens with zero attached hydrogens (tertiary/aromatic N) is 2. The first kappa shape index (κ1) is 19.2. The lowest BCUT2D eigenvalue weighted by Crippen LogP contribution is -2.37. The van der Waals surface area contributed by atoms with Gasteiger partial charge in [0, 0.05) is 19.5 Å². The standard InChI is InChI=1S/C23H23ClN2O4/c24-17-4-1-2-5-19(17)26-14-16(13-22(26)27)23(28)25-9-3-6-18(25)15-7-8-20-21(12-15)30-11-10-29-20/h1-2,4-5,7-8,12,16,18H,3,6,9-11,13-14H2/t16-,18+/m1/s1. The fourth-order valence-electron chi connectivity index (χ4n) is 4.66. The summed E-state index contributed by atoms with van der Waals surface area (Å²) < 4.78 is 11.3. The van der Waals surface area contributed by atoms with E-state index in [2.05, 4.69) is 0 Å². The molecule has 0 unspecified atom stereocenters. The number of hydrogen-bond acceptors (Lipinski definition) is 4. The number of para-hydroxylation sites is 1. The van der Waals surface area contributed by atoms with Gasteiger partial charge in [-0.2, -0.15) is 0 Å². The quantitative estimate of drug-likeness (QED) is 0.748. The Morgan fingerprint density at radius 2 is 1.87 bits per heavy atom. The molecule has 0 spiro atoms. The average Bonchev–Trinajstić information content (AvgIpc) is 3.40. The molecule has 3 aliphatic heterocycles. The van der Waals surface area contributed by atoms with E-state index in [4.69, 9.17) is 21.1 Å². The van der Waals surface area contributed by atoms with Crippen molar-refractivity contribution in [2.75, 3.05) is 31.2 Å². The number of carbonyl (C=O) groups is 2. The first-order valence-electron chi connectivity index (χ1n) is 10.4. The van der Waals surface area contributed by atoms with E-state index in [0.29, 0.717) is 37.0 Å². The van der Waals surface area contributed by atoms with Gasteiger partial charge in [0.1, 0.15) is 13.2 Å². The zero-order chi connectivity index (χ0) is 20.7. The van der Waals surface area contributed by atoms with Crippen LogP contribution in [0.1, 0.15) is 30.9 Å². The number of hydrogen-bond donors (Lipinski definition) is 0. The molecule has 6 nitrogen and oxygen atoms in total. The van der Waals surface area contributed by atoms with Crippen molar-refractivity contribution in [3.8, 4) is 11.5 Å². The highest BCUT2D eigenvalue weighted by atomic mass is 35.5. The predicted molar refractivity (Wildman–Crippen MR) is 113 cm³/mol. The Kier molecular flexibility index (Phi) is 5.03. The van der Waals surface area contributed by atoms with Crippen molar-refractivity contribution in [1.29, 1.82) is 0 Å². The second-order valence-electron chi connectivity index (χ2n) is 7.95. The van der Waals surface area contributed by atoms with Crippen molar-refractivity contribution in [3.63, 3.8) is 0 Å². The Morgan fingerprint density at radius 1 is 1.07 bits per heavy atom. The zero-order valence-corrected chi connectivity index (χ0v) is 17.3. The molecule has 2 atom stereocenters. The van der Waals surface area contributed by atoms with E-state index < -0.39 is 0 Å². The maximum atomic E-state index is 13.4. The van der Waals surface area contributed by atoms with E-state index in [9.17, 15) is 9.59 Å². The molecule has 0 aromatic heterocycles. The fourth-order valence-corrected chi connectivity index (χ4v) is 4.89. The number of halogens is 1. The number of anilines is 1. The van der Waals surface area contributed by atoms with Gasteiger partial charge >= 0.3 is 0 Å². The number of benzene rings is 2. The van der Waals surface area contributed by atoms with Gasteiger partial charge in [-0.25, -0.2) is 0 Å². The van der Waals surface area contributed by atoms with Crippen LogP contribution in [0.3, 0.4) is 0 Å². The van der Waals surface area contributed by atoms with Crippen LogP contribution in [0, 0.1) is 5.92 Å². The van der Waals surface area contributed by atoms with Crippen LogP contribution in [-0.4, -0.2) is 43.0 Å². The topological polar surface area (TPSA) is 59.1 Å². The lowest BCUT2D eigenvalue weighted by molar-refractivity contribution is -0.136. The van der Waals surface area contributed by atoms with Crippen molar-refractivity contribution >= 4 is 29.1 Å². The molecule has 2 amide bonds. The van der Waals surface area contributed by atoms with Gasteiger partial charge in [0.25, 0.3) is 0 Å². The summed E-state index contributed by atoms with van der Waals surface area (Å²) in [6, 6.07) is 13.2. The highest BCUT2D eigenvalue weighted by Crippen LogP contribution is 2.40. The third kappa shape index (κ3) is 3.39. The van der Waals surface area contributed by atoms with Crippen LogP contribution >= 0.6 is 11.6 Å². The number of rotatable bonds is 3. The molecule has 2 aromatic carbocycles. The first-order chi connectivity index (χ1) is 14.6. The maximum Gasteiger partial charge on any atom is 0.228 e. The second kappa shape index (κ2) is 7.84. The van der Waals surface area contributed by atoms with E-state index in [1.54, 1.807) is 11.0 Å². The average molecular weight is 427 g/mol. The van der Waals surface area contributed by atoms with Crippen molar-refractivity contribution in [3.05, 3.63) is 53.1 Å². The molecule has 5 rings (SSSR count). The molecule has 0 aliphatic carbocycles. The molecule has 0 N–H and O–H groups in total. The summed E-state index contributed by atoms with van der Waals surface area (Å²) in [5.41, 5.74) is 1.72. The van der Waals surface area contributed by atoms with E-state index in [1.807, 2.05) is 41.3 Å². The van der Waals surface area contributed by atoms with Gasteiger partial charge in [-0.15, -0.1) is 0 Å². The summed E-state index contributed by atoms with van der Waals surface area (Å²) in [7, 11) is 0. The molecule has 3 heterocycles. The Hall–Kier alpha value is -2.73. The molecule has 2 aromatic rings. The minimum absolute atomic E-state index is 0.00204. The molecule has 2 fully saturated rings. The van der Waals surface area contributed by atoms with Crippen LogP contribution < -0.4 is 14.4 Å². The molecule has 0 radical (unpaired) electrons. The normalized spacial score (nSPS) is 23.2. The summed E-state index contributed by atoms with van der Waals surface area (Å²) in [6.07, 6.45) is 2.06. The number of ether oxygens (including phenoxy) is 2. The summed E-state index contributed by atoms with van der Waals surface area (Å²) in [5.74, 6) is 1.11. The van der Waals surface area contributed by atoms with Crippen LogP contribution in [0.2, 0.25) is 5.02 Å². The van der Waals surface area contributed by atoms with Gasteiger partial charge in [0.15, 0.2) is 11.5 Å². The SMILES string of the molecule is O=C1C[C@@H](C(=O)N2CCC[C@H]2c2ccc3c(c2)OCCO3)CN1c1ccccc1Cl. The molecule has 156 valence electrons. The van der Waals surface area contributed by atoms with Crippen LogP contribution in [0.15, 0.2) is 42.5 Å². The summed E-state index contributed by atoms with van der Waals surface area (Å²) in [5, 5.41) is 0.522. The minimum atomic E-state index is -0.355. The number of amides is 2. The van der Waals surface area contributed by atoms with Gasteiger partial charge in [-0.05, 0) is 42.7 Å². The third-order valence-electron chi connectivity index (χ3n) is 6.10. The maximum absolute atomic E-state index is 13.4. The molecular weight excluding hydrogens is 404 g/mol. The fraction of sp³-hybridized carbons (Fsp3) is 0.391. The molecule has 7 heteroatoms. The Labute approximate surface area is 180 Å². The monoisotopic (exact) mass is 426 g/mol.